The highest BCUT2D eigenvalue weighted by Crippen LogP contribution is 2.04. The maximum Gasteiger partial charge on any atom is 0.405 e. The SMILES string of the molecule is CC(C)(C)OC(N)=O.OCCCCCO. The molecule has 0 bridgehead atoms. The molecule has 0 saturated heterocycles. The van der Waals surface area contributed by atoms with Gasteiger partial charge in [0.2, 0.25) is 0 Å². The molecule has 0 unspecified atom stereocenters. The van der Waals surface area contributed by atoms with E-state index in [0.717, 1.165) is 19.3 Å². The molecule has 0 aliphatic rings. The van der Waals surface area contributed by atoms with E-state index in [1.807, 2.05) is 0 Å². The summed E-state index contributed by atoms with van der Waals surface area (Å²) < 4.78 is 4.58. The average Bonchev–Trinajstić information content (AvgIpc) is 2.01. The van der Waals surface area contributed by atoms with Gasteiger partial charge < -0.3 is 20.7 Å². The molecule has 0 rings (SSSR count). The van der Waals surface area contributed by atoms with Gasteiger partial charge in [0.1, 0.15) is 5.60 Å². The Morgan fingerprint density at radius 2 is 1.53 bits per heavy atom. The number of carbonyl (C=O) groups is 1. The molecule has 0 fully saturated rings. The van der Waals surface area contributed by atoms with E-state index < -0.39 is 11.7 Å². The third-order valence-electron chi connectivity index (χ3n) is 1.22. The van der Waals surface area contributed by atoms with Crippen LogP contribution in [0.5, 0.6) is 0 Å². The van der Waals surface area contributed by atoms with Gasteiger partial charge in [-0.1, -0.05) is 0 Å². The second kappa shape index (κ2) is 9.73. The molecular formula is C10H23NO4. The van der Waals surface area contributed by atoms with Crippen LogP contribution < -0.4 is 5.73 Å². The monoisotopic (exact) mass is 221 g/mol. The van der Waals surface area contributed by atoms with Gasteiger partial charge in [0, 0.05) is 13.2 Å². The summed E-state index contributed by atoms with van der Waals surface area (Å²) in [5.41, 5.74) is 4.26. The van der Waals surface area contributed by atoms with Crippen molar-refractivity contribution in [3.05, 3.63) is 0 Å². The van der Waals surface area contributed by atoms with Gasteiger partial charge in [0.05, 0.1) is 0 Å². The third kappa shape index (κ3) is 24.6. The summed E-state index contributed by atoms with van der Waals surface area (Å²) in [7, 11) is 0. The number of aliphatic hydroxyl groups is 2. The second-order valence-electron chi connectivity index (χ2n) is 4.04. The number of ether oxygens (including phenoxy) is 1. The topological polar surface area (TPSA) is 92.8 Å². The van der Waals surface area contributed by atoms with Crippen LogP contribution in [0.25, 0.3) is 0 Å². The molecule has 0 aromatic heterocycles. The summed E-state index contributed by atoms with van der Waals surface area (Å²) in [6.07, 6.45) is 1.85. The van der Waals surface area contributed by atoms with Gasteiger partial charge in [-0.15, -0.1) is 0 Å². The zero-order valence-corrected chi connectivity index (χ0v) is 9.82. The largest absolute Gasteiger partial charge is 0.444 e. The number of primary amides is 1. The predicted octanol–water partition coefficient (Wildman–Crippen LogP) is 1.02. The molecule has 0 aromatic carbocycles. The van der Waals surface area contributed by atoms with Gasteiger partial charge in [-0.05, 0) is 40.0 Å². The lowest BCUT2D eigenvalue weighted by atomic mass is 10.2. The molecular weight excluding hydrogens is 198 g/mol. The minimum Gasteiger partial charge on any atom is -0.444 e. The van der Waals surface area contributed by atoms with E-state index in [9.17, 15) is 4.79 Å². The Kier molecular flexibility index (Phi) is 10.8. The van der Waals surface area contributed by atoms with Gasteiger partial charge in [0.25, 0.3) is 0 Å². The van der Waals surface area contributed by atoms with Crippen molar-refractivity contribution in [3.63, 3.8) is 0 Å². The highest BCUT2D eigenvalue weighted by molar-refractivity contribution is 5.65. The van der Waals surface area contributed by atoms with E-state index >= 15 is 0 Å². The van der Waals surface area contributed by atoms with Crippen molar-refractivity contribution >= 4 is 6.09 Å². The lowest BCUT2D eigenvalue weighted by Crippen LogP contribution is -2.27. The van der Waals surface area contributed by atoms with Crippen molar-refractivity contribution < 1.29 is 19.7 Å². The molecule has 92 valence electrons. The Morgan fingerprint density at radius 1 is 1.13 bits per heavy atom. The van der Waals surface area contributed by atoms with Crippen molar-refractivity contribution in [2.24, 2.45) is 5.73 Å². The van der Waals surface area contributed by atoms with Crippen molar-refractivity contribution in [2.45, 2.75) is 45.6 Å². The van der Waals surface area contributed by atoms with Crippen LogP contribution in [-0.4, -0.2) is 35.1 Å². The predicted molar refractivity (Wildman–Crippen MR) is 58.4 cm³/mol. The van der Waals surface area contributed by atoms with Crippen LogP contribution in [0.4, 0.5) is 4.79 Å². The van der Waals surface area contributed by atoms with E-state index in [1.165, 1.54) is 0 Å². The van der Waals surface area contributed by atoms with Gasteiger partial charge in [-0.3, -0.25) is 0 Å². The number of carbonyl (C=O) groups excluding carboxylic acids is 1. The normalized spacial score (nSPS) is 10.2. The maximum atomic E-state index is 10.0. The number of aliphatic hydroxyl groups excluding tert-OH is 2. The van der Waals surface area contributed by atoms with E-state index in [4.69, 9.17) is 15.9 Å². The van der Waals surface area contributed by atoms with Crippen molar-refractivity contribution in [1.29, 1.82) is 0 Å². The first-order chi connectivity index (χ1) is 6.83. The zero-order valence-electron chi connectivity index (χ0n) is 9.82. The number of nitrogens with two attached hydrogens (primary N) is 1. The van der Waals surface area contributed by atoms with Crippen LogP contribution in [-0.2, 0) is 4.74 Å². The van der Waals surface area contributed by atoms with Crippen LogP contribution in [0, 0.1) is 0 Å². The Balaban J connectivity index is 0. The molecule has 0 spiro atoms. The standard InChI is InChI=1S/C5H11NO2.C5H12O2/c1-5(2,3)8-4(6)7;6-4-2-1-3-5-7/h1-3H3,(H2,6,7);6-7H,1-5H2. The highest BCUT2D eigenvalue weighted by atomic mass is 16.6. The average molecular weight is 221 g/mol. The molecule has 0 aliphatic heterocycles. The summed E-state index contributed by atoms with van der Waals surface area (Å²) in [6.45, 7) is 5.78. The van der Waals surface area contributed by atoms with Crippen LogP contribution in [0.2, 0.25) is 0 Å². The second-order valence-corrected chi connectivity index (χ2v) is 4.04. The number of unbranched alkanes of at least 4 members (excludes halogenated alkanes) is 2. The molecule has 4 N–H and O–H groups in total. The van der Waals surface area contributed by atoms with Crippen LogP contribution >= 0.6 is 0 Å². The fourth-order valence-corrected chi connectivity index (χ4v) is 0.702. The molecule has 5 nitrogen and oxygen atoms in total. The minimum atomic E-state index is -0.725. The van der Waals surface area contributed by atoms with Gasteiger partial charge in [0.15, 0.2) is 0 Å². The van der Waals surface area contributed by atoms with E-state index in [-0.39, 0.29) is 13.2 Å². The van der Waals surface area contributed by atoms with Crippen molar-refractivity contribution in [1.82, 2.24) is 0 Å². The number of rotatable bonds is 4. The van der Waals surface area contributed by atoms with Gasteiger partial charge >= 0.3 is 6.09 Å². The van der Waals surface area contributed by atoms with Crippen LogP contribution in [0.1, 0.15) is 40.0 Å². The first kappa shape index (κ1) is 16.6. The number of hydrogen-bond donors (Lipinski definition) is 3. The smallest absolute Gasteiger partial charge is 0.405 e. The summed E-state index contributed by atoms with van der Waals surface area (Å²) >= 11 is 0. The molecule has 0 aromatic rings. The highest BCUT2D eigenvalue weighted by Gasteiger charge is 2.12. The third-order valence-corrected chi connectivity index (χ3v) is 1.22. The van der Waals surface area contributed by atoms with Gasteiger partial charge in [-0.25, -0.2) is 4.79 Å². The van der Waals surface area contributed by atoms with Crippen molar-refractivity contribution in [2.75, 3.05) is 13.2 Å². The minimum absolute atomic E-state index is 0.250. The fourth-order valence-electron chi connectivity index (χ4n) is 0.702. The van der Waals surface area contributed by atoms with Crippen LogP contribution in [0.15, 0.2) is 0 Å². The van der Waals surface area contributed by atoms with E-state index in [1.54, 1.807) is 20.8 Å². The molecule has 5 heteroatoms. The Bertz CT molecular complexity index is 150. The number of amides is 1. The summed E-state index contributed by atoms with van der Waals surface area (Å²) in [4.78, 5) is 10.0. The molecule has 1 amide bonds. The summed E-state index contributed by atoms with van der Waals surface area (Å²) in [5, 5.41) is 16.4. The first-order valence-electron chi connectivity index (χ1n) is 5.03. The fraction of sp³-hybridized carbons (Fsp3) is 0.900. The summed E-state index contributed by atoms with van der Waals surface area (Å²) in [6, 6.07) is 0. The zero-order chi connectivity index (χ0) is 12.3. The lowest BCUT2D eigenvalue weighted by Gasteiger charge is -2.16. The Morgan fingerprint density at radius 3 is 1.67 bits per heavy atom. The Hall–Kier alpha value is -0.810. The molecule has 0 saturated carbocycles. The molecule has 0 radical (unpaired) electrons. The van der Waals surface area contributed by atoms with E-state index in [2.05, 4.69) is 4.74 Å². The van der Waals surface area contributed by atoms with E-state index in [0.29, 0.717) is 0 Å². The maximum absolute atomic E-state index is 10.0. The molecule has 0 heterocycles. The van der Waals surface area contributed by atoms with Gasteiger partial charge in [-0.2, -0.15) is 0 Å². The molecule has 15 heavy (non-hydrogen) atoms. The quantitative estimate of drug-likeness (QED) is 0.618. The van der Waals surface area contributed by atoms with Crippen molar-refractivity contribution in [3.8, 4) is 0 Å². The Labute approximate surface area is 91.2 Å². The number of hydrogen-bond acceptors (Lipinski definition) is 4. The molecule has 0 aliphatic carbocycles. The first-order valence-corrected chi connectivity index (χ1v) is 5.03. The van der Waals surface area contributed by atoms with Crippen LogP contribution in [0.3, 0.4) is 0 Å². The molecule has 0 atom stereocenters. The lowest BCUT2D eigenvalue weighted by molar-refractivity contribution is 0.0600. The summed E-state index contributed by atoms with van der Waals surface area (Å²) in [5.74, 6) is 0.